The average molecular weight is 276 g/mol. The zero-order chi connectivity index (χ0) is 13.4. The summed E-state index contributed by atoms with van der Waals surface area (Å²) in [7, 11) is 0. The van der Waals surface area contributed by atoms with Gasteiger partial charge in [0.15, 0.2) is 0 Å². The first kappa shape index (κ1) is 12.4. The van der Waals surface area contributed by atoms with Gasteiger partial charge in [0, 0.05) is 11.1 Å². The molecule has 2 heterocycles. The zero-order valence-corrected chi connectivity index (χ0v) is 11.4. The van der Waals surface area contributed by atoms with Crippen LogP contribution >= 0.6 is 11.3 Å². The summed E-state index contributed by atoms with van der Waals surface area (Å²) in [5, 5.41) is 9.93. The topological polar surface area (TPSA) is 76.2 Å². The van der Waals surface area contributed by atoms with E-state index in [0.717, 1.165) is 35.2 Å². The number of hydrogen-bond acceptors (Lipinski definition) is 4. The third-order valence-corrected chi connectivity index (χ3v) is 4.80. The molecule has 0 spiro atoms. The molecule has 4 nitrogen and oxygen atoms in total. The van der Waals surface area contributed by atoms with Gasteiger partial charge < -0.3 is 10.8 Å². The molecule has 2 aromatic rings. The highest BCUT2D eigenvalue weighted by Crippen LogP contribution is 2.34. The minimum atomic E-state index is -0.965. The van der Waals surface area contributed by atoms with E-state index in [4.69, 9.17) is 10.8 Å². The third kappa shape index (κ3) is 2.18. The molecule has 0 bridgehead atoms. The van der Waals surface area contributed by atoms with E-state index in [1.165, 1.54) is 36.2 Å². The fourth-order valence-electron chi connectivity index (χ4n) is 2.67. The second-order valence-electron chi connectivity index (χ2n) is 5.01. The first-order valence-corrected chi connectivity index (χ1v) is 7.42. The number of anilines is 1. The van der Waals surface area contributed by atoms with Crippen LogP contribution in [-0.4, -0.2) is 16.1 Å². The van der Waals surface area contributed by atoms with Gasteiger partial charge in [0.1, 0.15) is 9.71 Å². The number of carboxylic acid groups (broad SMARTS) is 1. The molecule has 3 N–H and O–H groups in total. The van der Waals surface area contributed by atoms with Crippen LogP contribution in [0.15, 0.2) is 6.07 Å². The molecule has 0 fully saturated rings. The summed E-state index contributed by atoms with van der Waals surface area (Å²) in [6.45, 7) is 0. The molecule has 0 saturated heterocycles. The number of hydrogen-bond donors (Lipinski definition) is 2. The Morgan fingerprint density at radius 3 is 2.74 bits per heavy atom. The second-order valence-corrected chi connectivity index (χ2v) is 6.01. The van der Waals surface area contributed by atoms with Crippen LogP contribution in [-0.2, 0) is 12.8 Å². The van der Waals surface area contributed by atoms with E-state index < -0.39 is 5.97 Å². The van der Waals surface area contributed by atoms with E-state index in [1.54, 1.807) is 0 Å². The lowest BCUT2D eigenvalue weighted by atomic mass is 9.96. The van der Waals surface area contributed by atoms with Crippen molar-refractivity contribution < 1.29 is 9.90 Å². The fraction of sp³-hybridized carbons (Fsp3) is 0.429. The lowest BCUT2D eigenvalue weighted by Crippen LogP contribution is -2.02. The molecule has 5 heteroatoms. The number of carbonyl (C=O) groups is 1. The molecule has 0 atom stereocenters. The molecule has 0 amide bonds. The van der Waals surface area contributed by atoms with Crippen molar-refractivity contribution in [2.24, 2.45) is 0 Å². The van der Waals surface area contributed by atoms with Crippen LogP contribution in [0.5, 0.6) is 0 Å². The van der Waals surface area contributed by atoms with E-state index in [0.29, 0.717) is 5.69 Å². The maximum atomic E-state index is 11.1. The Kier molecular flexibility index (Phi) is 3.14. The molecule has 1 aliphatic carbocycles. The van der Waals surface area contributed by atoms with Crippen LogP contribution in [0.2, 0.25) is 0 Å². The van der Waals surface area contributed by atoms with Crippen LogP contribution in [0.25, 0.3) is 10.2 Å². The van der Waals surface area contributed by atoms with E-state index in [9.17, 15) is 4.79 Å². The summed E-state index contributed by atoms with van der Waals surface area (Å²) >= 11 is 1.18. The molecule has 19 heavy (non-hydrogen) atoms. The predicted octanol–water partition coefficient (Wildman–Crippen LogP) is 3.24. The first-order valence-electron chi connectivity index (χ1n) is 6.61. The maximum Gasteiger partial charge on any atom is 0.348 e. The number of thiophene rings is 1. The Morgan fingerprint density at radius 1 is 1.26 bits per heavy atom. The van der Waals surface area contributed by atoms with Crippen molar-refractivity contribution in [2.75, 3.05) is 5.73 Å². The lowest BCUT2D eigenvalue weighted by Gasteiger charge is -2.12. The highest BCUT2D eigenvalue weighted by atomic mass is 32.1. The lowest BCUT2D eigenvalue weighted by molar-refractivity contribution is 0.0703. The Balaban J connectivity index is 2.17. The minimum Gasteiger partial charge on any atom is -0.477 e. The van der Waals surface area contributed by atoms with Gasteiger partial charge in [-0.05, 0) is 37.3 Å². The summed E-state index contributed by atoms with van der Waals surface area (Å²) in [5.74, 6) is -0.965. The van der Waals surface area contributed by atoms with Crippen LogP contribution in [0, 0.1) is 0 Å². The Bertz CT molecular complexity index is 648. The van der Waals surface area contributed by atoms with Gasteiger partial charge in [-0.2, -0.15) is 0 Å². The number of carboxylic acids is 1. The van der Waals surface area contributed by atoms with Gasteiger partial charge in [-0.3, -0.25) is 0 Å². The van der Waals surface area contributed by atoms with Crippen LogP contribution in [0.3, 0.4) is 0 Å². The predicted molar refractivity (Wildman–Crippen MR) is 76.9 cm³/mol. The van der Waals surface area contributed by atoms with Crippen molar-refractivity contribution >= 4 is 33.2 Å². The van der Waals surface area contributed by atoms with Crippen molar-refractivity contribution in [1.82, 2.24) is 4.98 Å². The molecule has 0 radical (unpaired) electrons. The van der Waals surface area contributed by atoms with E-state index in [-0.39, 0.29) is 4.88 Å². The molecule has 100 valence electrons. The van der Waals surface area contributed by atoms with Crippen LogP contribution in [0.1, 0.15) is 46.6 Å². The smallest absolute Gasteiger partial charge is 0.348 e. The molecule has 0 aliphatic heterocycles. The Hall–Kier alpha value is -1.62. The molecule has 2 aromatic heterocycles. The largest absolute Gasteiger partial charge is 0.477 e. The number of aryl methyl sites for hydroxylation is 2. The number of nitrogens with two attached hydrogens (primary N) is 1. The highest BCUT2D eigenvalue weighted by molar-refractivity contribution is 7.21. The Labute approximate surface area is 115 Å². The van der Waals surface area contributed by atoms with Crippen molar-refractivity contribution in [2.45, 2.75) is 38.5 Å². The third-order valence-electron chi connectivity index (χ3n) is 3.69. The first-order chi connectivity index (χ1) is 9.16. The maximum absolute atomic E-state index is 11.1. The summed E-state index contributed by atoms with van der Waals surface area (Å²) in [4.78, 5) is 16.7. The van der Waals surface area contributed by atoms with Crippen molar-refractivity contribution in [3.8, 4) is 0 Å². The monoisotopic (exact) mass is 276 g/mol. The average Bonchev–Trinajstić information content (AvgIpc) is 2.66. The molecular formula is C14H16N2O2S. The number of nitrogen functional groups attached to an aromatic ring is 1. The number of nitrogens with zero attached hydrogens (tertiary/aromatic N) is 1. The van der Waals surface area contributed by atoms with Crippen molar-refractivity contribution in [1.29, 1.82) is 0 Å². The van der Waals surface area contributed by atoms with Gasteiger partial charge in [-0.25, -0.2) is 9.78 Å². The van der Waals surface area contributed by atoms with Crippen LogP contribution < -0.4 is 5.73 Å². The van der Waals surface area contributed by atoms with Crippen molar-refractivity contribution in [3.05, 3.63) is 22.2 Å². The van der Waals surface area contributed by atoms with Gasteiger partial charge in [0.2, 0.25) is 0 Å². The number of rotatable bonds is 1. The van der Waals surface area contributed by atoms with E-state index in [2.05, 4.69) is 11.1 Å². The normalized spacial score (nSPS) is 15.8. The van der Waals surface area contributed by atoms with Crippen LogP contribution in [0.4, 0.5) is 5.69 Å². The molecule has 1 aliphatic rings. The highest BCUT2D eigenvalue weighted by Gasteiger charge is 2.18. The van der Waals surface area contributed by atoms with Gasteiger partial charge >= 0.3 is 5.97 Å². The molecular weight excluding hydrogens is 260 g/mol. The molecule has 0 saturated carbocycles. The Morgan fingerprint density at radius 2 is 2.00 bits per heavy atom. The van der Waals surface area contributed by atoms with Gasteiger partial charge in [-0.15, -0.1) is 11.3 Å². The summed E-state index contributed by atoms with van der Waals surface area (Å²) < 4.78 is 0. The van der Waals surface area contributed by atoms with Crippen molar-refractivity contribution in [3.63, 3.8) is 0 Å². The minimum absolute atomic E-state index is 0.209. The number of pyridine rings is 1. The summed E-state index contributed by atoms with van der Waals surface area (Å²) in [6, 6.07) is 2.06. The van der Waals surface area contributed by atoms with E-state index in [1.807, 2.05) is 0 Å². The van der Waals surface area contributed by atoms with E-state index >= 15 is 0 Å². The fourth-order valence-corrected chi connectivity index (χ4v) is 3.61. The zero-order valence-electron chi connectivity index (χ0n) is 10.6. The molecule has 0 unspecified atom stereocenters. The standard InChI is InChI=1S/C14H16N2O2S/c15-11-9-7-8-5-3-1-2-4-6-10(8)16-13(9)19-12(11)14(17)18/h7H,1-6,15H2,(H,17,18). The SMILES string of the molecule is Nc1c(C(=O)O)sc2nc3c(cc12)CCCCCC3. The van der Waals surface area contributed by atoms with Gasteiger partial charge in [0.05, 0.1) is 5.69 Å². The number of fused-ring (bicyclic) bond motifs is 2. The molecule has 3 rings (SSSR count). The second kappa shape index (κ2) is 4.81. The summed E-state index contributed by atoms with van der Waals surface area (Å²) in [6.07, 6.45) is 6.87. The van der Waals surface area contributed by atoms with Gasteiger partial charge in [0.25, 0.3) is 0 Å². The number of aromatic nitrogens is 1. The molecule has 0 aromatic carbocycles. The number of aromatic carboxylic acids is 1. The summed E-state index contributed by atoms with van der Waals surface area (Å²) in [5.41, 5.74) is 8.67. The van der Waals surface area contributed by atoms with Gasteiger partial charge in [-0.1, -0.05) is 12.8 Å². The quantitative estimate of drug-likeness (QED) is 0.838.